The molecule has 218 valence electrons. The highest BCUT2D eigenvalue weighted by molar-refractivity contribution is 5.97. The topological polar surface area (TPSA) is 72.7 Å². The van der Waals surface area contributed by atoms with Crippen LogP contribution in [0.1, 0.15) is 28.8 Å². The number of pyridine rings is 1. The van der Waals surface area contributed by atoms with Crippen LogP contribution in [0.4, 0.5) is 26.3 Å². The Morgan fingerprint density at radius 2 is 1.85 bits per heavy atom. The van der Waals surface area contributed by atoms with Gasteiger partial charge in [0, 0.05) is 30.8 Å². The highest BCUT2D eigenvalue weighted by Gasteiger charge is 2.40. The summed E-state index contributed by atoms with van der Waals surface area (Å²) in [6, 6.07) is 7.49. The molecule has 1 atom stereocenters. The first-order chi connectivity index (χ1) is 18.8. The molecule has 0 spiro atoms. The number of alkyl halides is 6. The molecular formula is C26H29F6N5O3. The normalized spacial score (nSPS) is 16.9. The number of hydrogen-bond acceptors (Lipinski definition) is 6. The zero-order valence-corrected chi connectivity index (χ0v) is 21.9. The van der Waals surface area contributed by atoms with Gasteiger partial charge >= 0.3 is 12.4 Å². The summed E-state index contributed by atoms with van der Waals surface area (Å²) in [5.41, 5.74) is 1.19. The minimum absolute atomic E-state index is 0.00596. The van der Waals surface area contributed by atoms with Gasteiger partial charge < -0.3 is 18.9 Å². The highest BCUT2D eigenvalue weighted by Crippen LogP contribution is 2.26. The van der Waals surface area contributed by atoms with Crippen LogP contribution < -0.4 is 4.74 Å². The lowest BCUT2D eigenvalue weighted by Crippen LogP contribution is -2.45. The molecule has 0 radical (unpaired) electrons. The predicted octanol–water partition coefficient (Wildman–Crippen LogP) is 4.32. The third-order valence-electron chi connectivity index (χ3n) is 6.46. The average molecular weight is 574 g/mol. The van der Waals surface area contributed by atoms with E-state index in [-0.39, 0.29) is 28.4 Å². The molecule has 1 fully saturated rings. The number of benzene rings is 1. The fourth-order valence-corrected chi connectivity index (χ4v) is 4.54. The van der Waals surface area contributed by atoms with Crippen LogP contribution >= 0.6 is 0 Å². The van der Waals surface area contributed by atoms with E-state index < -0.39 is 31.3 Å². The van der Waals surface area contributed by atoms with E-state index in [4.69, 9.17) is 9.47 Å². The Morgan fingerprint density at radius 1 is 1.12 bits per heavy atom. The Morgan fingerprint density at radius 3 is 2.45 bits per heavy atom. The van der Waals surface area contributed by atoms with E-state index in [2.05, 4.69) is 14.9 Å². The summed E-state index contributed by atoms with van der Waals surface area (Å²) in [6.45, 7) is 0.530. The maximum atomic E-state index is 13.0. The summed E-state index contributed by atoms with van der Waals surface area (Å²) in [7, 11) is 1.96. The maximum Gasteiger partial charge on any atom is 0.406 e. The van der Waals surface area contributed by atoms with Crippen LogP contribution in [0, 0.1) is 0 Å². The van der Waals surface area contributed by atoms with Crippen LogP contribution in [0.2, 0.25) is 0 Å². The smallest absolute Gasteiger partial charge is 0.406 e. The van der Waals surface area contributed by atoms with Gasteiger partial charge in [0.2, 0.25) is 0 Å². The molecule has 40 heavy (non-hydrogen) atoms. The van der Waals surface area contributed by atoms with E-state index >= 15 is 0 Å². The van der Waals surface area contributed by atoms with Crippen molar-refractivity contribution < 1.29 is 40.6 Å². The van der Waals surface area contributed by atoms with E-state index in [1.165, 1.54) is 18.2 Å². The van der Waals surface area contributed by atoms with Gasteiger partial charge in [0.05, 0.1) is 43.1 Å². The monoisotopic (exact) mass is 573 g/mol. The van der Waals surface area contributed by atoms with Gasteiger partial charge in [-0.2, -0.15) is 26.3 Å². The molecule has 1 unspecified atom stereocenters. The lowest BCUT2D eigenvalue weighted by atomic mass is 10.1. The third kappa shape index (κ3) is 7.62. The first kappa shape index (κ1) is 29.6. The molecule has 3 heterocycles. The Bertz CT molecular complexity index is 1290. The molecule has 1 aromatic carbocycles. The molecule has 14 heteroatoms. The molecule has 0 aliphatic carbocycles. The van der Waals surface area contributed by atoms with Gasteiger partial charge in [-0.3, -0.25) is 14.7 Å². The number of ether oxygens (including phenoxy) is 2. The number of amides is 1. The largest absolute Gasteiger partial charge is 0.492 e. The van der Waals surface area contributed by atoms with Crippen LogP contribution in [-0.2, 0) is 17.7 Å². The molecule has 1 amide bonds. The van der Waals surface area contributed by atoms with Gasteiger partial charge in [0.15, 0.2) is 0 Å². The highest BCUT2D eigenvalue weighted by atomic mass is 19.4. The minimum Gasteiger partial charge on any atom is -0.492 e. The molecule has 1 saturated heterocycles. The molecule has 2 aromatic heterocycles. The quantitative estimate of drug-likeness (QED) is 0.355. The van der Waals surface area contributed by atoms with Gasteiger partial charge in [-0.15, -0.1) is 0 Å². The number of rotatable bonds is 9. The van der Waals surface area contributed by atoms with E-state index in [1.807, 2.05) is 18.5 Å². The Balaban J connectivity index is 1.70. The van der Waals surface area contributed by atoms with Crippen LogP contribution in [0.25, 0.3) is 11.0 Å². The van der Waals surface area contributed by atoms with Crippen molar-refractivity contribution in [1.82, 2.24) is 24.3 Å². The molecule has 0 bridgehead atoms. The number of hydrogen-bond donors (Lipinski definition) is 0. The van der Waals surface area contributed by atoms with Crippen LogP contribution in [-0.4, -0.2) is 95.1 Å². The van der Waals surface area contributed by atoms with Crippen molar-refractivity contribution in [3.8, 4) is 5.75 Å². The second-order valence-corrected chi connectivity index (χ2v) is 9.54. The van der Waals surface area contributed by atoms with Crippen molar-refractivity contribution in [2.45, 2.75) is 38.3 Å². The van der Waals surface area contributed by atoms with Crippen molar-refractivity contribution in [2.75, 3.05) is 46.5 Å². The van der Waals surface area contributed by atoms with E-state index in [9.17, 15) is 31.1 Å². The van der Waals surface area contributed by atoms with Crippen LogP contribution in [0.5, 0.6) is 5.75 Å². The first-order valence-electron chi connectivity index (χ1n) is 12.6. The van der Waals surface area contributed by atoms with E-state index in [0.717, 1.165) is 6.54 Å². The predicted molar refractivity (Wildman–Crippen MR) is 133 cm³/mol. The Kier molecular flexibility index (Phi) is 8.88. The van der Waals surface area contributed by atoms with Crippen LogP contribution in [0.15, 0.2) is 36.5 Å². The number of likely N-dealkylation sites (N-methyl/N-ethyl adjacent to an activating group) is 1. The molecule has 0 N–H and O–H groups in total. The molecule has 8 nitrogen and oxygen atoms in total. The van der Waals surface area contributed by atoms with Crippen molar-refractivity contribution >= 4 is 16.9 Å². The van der Waals surface area contributed by atoms with E-state index in [1.54, 1.807) is 18.3 Å². The summed E-state index contributed by atoms with van der Waals surface area (Å²) >= 11 is 0. The number of fused-ring (bicyclic) bond motifs is 1. The van der Waals surface area contributed by atoms with Crippen molar-refractivity contribution in [3.05, 3.63) is 53.6 Å². The summed E-state index contributed by atoms with van der Waals surface area (Å²) in [4.78, 5) is 23.7. The number of morpholine rings is 1. The Labute approximate surface area is 226 Å². The summed E-state index contributed by atoms with van der Waals surface area (Å²) in [5, 5.41) is 0. The number of halogens is 6. The molecule has 4 rings (SSSR count). The SMILES string of the molecule is CCOc1ccc(Cc2nc3cc(C(=O)N(CC(F)(F)F)CC(F)(F)F)ccc3n2CC2COCCN2C)nc1. The molecule has 1 aliphatic rings. The van der Waals surface area contributed by atoms with Crippen molar-refractivity contribution in [1.29, 1.82) is 0 Å². The fourth-order valence-electron chi connectivity index (χ4n) is 4.54. The minimum atomic E-state index is -5.00. The number of carbonyl (C=O) groups excluding carboxylic acids is 1. The summed E-state index contributed by atoms with van der Waals surface area (Å²) < 4.78 is 90.9. The van der Waals surface area contributed by atoms with Crippen molar-refractivity contribution in [3.63, 3.8) is 0 Å². The van der Waals surface area contributed by atoms with Gasteiger partial charge in [-0.05, 0) is 44.3 Å². The van der Waals surface area contributed by atoms with Gasteiger partial charge in [0.25, 0.3) is 5.91 Å². The lowest BCUT2D eigenvalue weighted by molar-refractivity contribution is -0.171. The zero-order valence-electron chi connectivity index (χ0n) is 21.9. The molecule has 1 aliphatic heterocycles. The standard InChI is InChI=1S/C26H29F6N5O3/c1-3-40-20-6-5-18(33-12-20)11-23-34-21-10-17(24(38)36(15-25(27,28)29)16-26(30,31)32)4-7-22(21)37(23)13-19-14-39-9-8-35(19)2/h4-7,10,12,19H,3,8-9,11,13-16H2,1-2H3. The first-order valence-corrected chi connectivity index (χ1v) is 12.6. The van der Waals surface area contributed by atoms with Crippen molar-refractivity contribution in [2.24, 2.45) is 0 Å². The zero-order chi connectivity index (χ0) is 29.1. The Hall–Kier alpha value is -3.39. The number of imidazole rings is 1. The van der Waals surface area contributed by atoms with Gasteiger partial charge in [-0.1, -0.05) is 0 Å². The third-order valence-corrected chi connectivity index (χ3v) is 6.46. The fraction of sp³-hybridized carbons (Fsp3) is 0.500. The van der Waals surface area contributed by atoms with Crippen LogP contribution in [0.3, 0.4) is 0 Å². The molecular weight excluding hydrogens is 544 g/mol. The number of nitrogens with zero attached hydrogens (tertiary/aromatic N) is 5. The molecule has 0 saturated carbocycles. The van der Waals surface area contributed by atoms with Gasteiger partial charge in [-0.25, -0.2) is 4.98 Å². The molecule has 3 aromatic rings. The van der Waals surface area contributed by atoms with Gasteiger partial charge in [0.1, 0.15) is 24.7 Å². The second kappa shape index (κ2) is 12.0. The average Bonchev–Trinajstić information content (AvgIpc) is 3.20. The van der Waals surface area contributed by atoms with E-state index in [0.29, 0.717) is 49.1 Å². The number of aromatic nitrogens is 3. The summed E-state index contributed by atoms with van der Waals surface area (Å²) in [5.74, 6) is -0.218. The lowest BCUT2D eigenvalue weighted by Gasteiger charge is -2.33. The maximum absolute atomic E-state index is 13.0. The second-order valence-electron chi connectivity index (χ2n) is 9.54. The number of carbonyl (C=O) groups is 1. The summed E-state index contributed by atoms with van der Waals surface area (Å²) in [6.07, 6.45) is -8.13.